The highest BCUT2D eigenvalue weighted by Crippen LogP contribution is 2.29. The predicted octanol–water partition coefficient (Wildman–Crippen LogP) is 3.91. The molecule has 102 valence electrons. The van der Waals surface area contributed by atoms with Gasteiger partial charge in [-0.25, -0.2) is 0 Å². The van der Waals surface area contributed by atoms with Crippen molar-refractivity contribution in [3.63, 3.8) is 0 Å². The summed E-state index contributed by atoms with van der Waals surface area (Å²) in [5.41, 5.74) is 3.14. The summed E-state index contributed by atoms with van der Waals surface area (Å²) >= 11 is 0. The molecule has 0 spiro atoms. The van der Waals surface area contributed by atoms with Gasteiger partial charge in [-0.3, -0.25) is 0 Å². The second-order valence-electron chi connectivity index (χ2n) is 5.71. The van der Waals surface area contributed by atoms with E-state index in [1.807, 2.05) is 0 Å². The van der Waals surface area contributed by atoms with E-state index in [0.717, 1.165) is 5.92 Å². The summed E-state index contributed by atoms with van der Waals surface area (Å²) < 4.78 is 2.44. The smallest absolute Gasteiger partial charge is 0.0335 e. The van der Waals surface area contributed by atoms with Crippen LogP contribution >= 0.6 is 0 Å². The fourth-order valence-electron chi connectivity index (χ4n) is 3.17. The van der Waals surface area contributed by atoms with E-state index in [1.54, 1.807) is 11.1 Å². The number of nitrogens with one attached hydrogen (secondary N) is 1. The van der Waals surface area contributed by atoms with Crippen molar-refractivity contribution in [1.82, 2.24) is 9.88 Å². The third kappa shape index (κ3) is 2.97. The molecule has 1 aromatic heterocycles. The Morgan fingerprint density at radius 1 is 1.28 bits per heavy atom. The van der Waals surface area contributed by atoms with Gasteiger partial charge in [-0.2, -0.15) is 0 Å². The normalized spacial score (nSPS) is 19.9. The third-order valence-electron chi connectivity index (χ3n) is 4.53. The van der Waals surface area contributed by atoms with Crippen LogP contribution in [0.5, 0.6) is 0 Å². The number of aromatic nitrogens is 1. The Balaban J connectivity index is 2.15. The molecule has 1 aliphatic carbocycles. The summed E-state index contributed by atoms with van der Waals surface area (Å²) in [6.07, 6.45) is 12.6. The molecule has 1 aliphatic rings. The molecule has 0 fully saturated rings. The van der Waals surface area contributed by atoms with Gasteiger partial charge in [0.05, 0.1) is 0 Å². The summed E-state index contributed by atoms with van der Waals surface area (Å²) in [5.74, 6) is 0.828. The Morgan fingerprint density at radius 3 is 2.72 bits per heavy atom. The van der Waals surface area contributed by atoms with Crippen LogP contribution in [0.15, 0.2) is 12.4 Å². The maximum absolute atomic E-state index is 3.48. The maximum Gasteiger partial charge on any atom is 0.0335 e. The number of nitrogens with zero attached hydrogens (tertiary/aromatic N) is 1. The minimum Gasteiger partial charge on any atom is -0.353 e. The third-order valence-corrected chi connectivity index (χ3v) is 4.53. The van der Waals surface area contributed by atoms with Gasteiger partial charge >= 0.3 is 0 Å². The van der Waals surface area contributed by atoms with Crippen molar-refractivity contribution in [2.75, 3.05) is 7.05 Å². The highest BCUT2D eigenvalue weighted by atomic mass is 15.0. The second kappa shape index (κ2) is 6.42. The van der Waals surface area contributed by atoms with E-state index < -0.39 is 0 Å². The van der Waals surface area contributed by atoms with Crippen LogP contribution in [-0.4, -0.2) is 11.6 Å². The molecule has 0 bridgehead atoms. The van der Waals surface area contributed by atoms with E-state index in [9.17, 15) is 0 Å². The highest BCUT2D eigenvalue weighted by Gasteiger charge is 2.19. The summed E-state index contributed by atoms with van der Waals surface area (Å²) in [6.45, 7) is 5.80. The number of hydrogen-bond acceptors (Lipinski definition) is 1. The van der Waals surface area contributed by atoms with Gasteiger partial charge in [0.15, 0.2) is 0 Å². The summed E-state index contributed by atoms with van der Waals surface area (Å²) in [7, 11) is 2.10. The molecule has 2 nitrogen and oxygen atoms in total. The molecular weight excluding hydrogens is 220 g/mol. The van der Waals surface area contributed by atoms with Crippen LogP contribution < -0.4 is 5.32 Å². The van der Waals surface area contributed by atoms with Gasteiger partial charge in [-0.1, -0.05) is 33.1 Å². The molecule has 1 heterocycles. The fraction of sp³-hybridized carbons (Fsp3) is 0.750. The molecular formula is C16H28N2. The van der Waals surface area contributed by atoms with Gasteiger partial charge < -0.3 is 9.88 Å². The van der Waals surface area contributed by atoms with Gasteiger partial charge in [0.1, 0.15) is 0 Å². The Morgan fingerprint density at radius 2 is 2.06 bits per heavy atom. The Bertz CT molecular complexity index is 363. The molecule has 1 unspecified atom stereocenters. The van der Waals surface area contributed by atoms with Crippen molar-refractivity contribution in [3.05, 3.63) is 23.5 Å². The van der Waals surface area contributed by atoms with Crippen LogP contribution in [0.2, 0.25) is 0 Å². The van der Waals surface area contributed by atoms with Crippen molar-refractivity contribution < 1.29 is 0 Å². The van der Waals surface area contributed by atoms with Gasteiger partial charge in [0.25, 0.3) is 0 Å². The van der Waals surface area contributed by atoms with Crippen molar-refractivity contribution in [3.8, 4) is 0 Å². The number of hydrogen-bond donors (Lipinski definition) is 1. The van der Waals surface area contributed by atoms with E-state index in [2.05, 4.69) is 43.2 Å². The van der Waals surface area contributed by atoms with Crippen LogP contribution in [-0.2, 0) is 13.0 Å². The van der Waals surface area contributed by atoms with Gasteiger partial charge in [-0.15, -0.1) is 0 Å². The lowest BCUT2D eigenvalue weighted by Gasteiger charge is -2.15. The predicted molar refractivity (Wildman–Crippen MR) is 77.9 cm³/mol. The van der Waals surface area contributed by atoms with E-state index in [0.29, 0.717) is 6.04 Å². The molecule has 2 rings (SSSR count). The molecule has 18 heavy (non-hydrogen) atoms. The SMILES string of the molecule is CCC(CC)Cn1cc2c(c1)C(NC)CCCC2. The molecule has 0 saturated carbocycles. The molecule has 1 aromatic rings. The van der Waals surface area contributed by atoms with Crippen LogP contribution in [0.3, 0.4) is 0 Å². The molecule has 1 atom stereocenters. The first-order valence-electron chi connectivity index (χ1n) is 7.64. The van der Waals surface area contributed by atoms with Crippen molar-refractivity contribution in [1.29, 1.82) is 0 Å². The monoisotopic (exact) mass is 248 g/mol. The van der Waals surface area contributed by atoms with E-state index in [1.165, 1.54) is 45.1 Å². The molecule has 0 aliphatic heterocycles. The first-order valence-corrected chi connectivity index (χ1v) is 7.64. The summed E-state index contributed by atoms with van der Waals surface area (Å²) in [6, 6.07) is 0.574. The molecule has 0 amide bonds. The Hall–Kier alpha value is -0.760. The van der Waals surface area contributed by atoms with E-state index >= 15 is 0 Å². The van der Waals surface area contributed by atoms with Crippen LogP contribution in [0.25, 0.3) is 0 Å². The van der Waals surface area contributed by atoms with Crippen LogP contribution in [0.1, 0.15) is 63.1 Å². The lowest BCUT2D eigenvalue weighted by Crippen LogP contribution is -2.15. The zero-order chi connectivity index (χ0) is 13.0. The highest BCUT2D eigenvalue weighted by molar-refractivity contribution is 5.29. The van der Waals surface area contributed by atoms with Gasteiger partial charge in [0, 0.05) is 25.0 Å². The molecule has 1 N–H and O–H groups in total. The average Bonchev–Trinajstić information content (AvgIpc) is 2.69. The van der Waals surface area contributed by atoms with Crippen LogP contribution in [0.4, 0.5) is 0 Å². The molecule has 2 heteroatoms. The number of fused-ring (bicyclic) bond motifs is 1. The Labute approximate surface area is 112 Å². The number of aryl methyl sites for hydroxylation is 1. The number of rotatable bonds is 5. The van der Waals surface area contributed by atoms with Gasteiger partial charge in [-0.05, 0) is 43.4 Å². The quantitative estimate of drug-likeness (QED) is 0.782. The van der Waals surface area contributed by atoms with E-state index in [4.69, 9.17) is 0 Å². The molecule has 0 saturated heterocycles. The average molecular weight is 248 g/mol. The van der Waals surface area contributed by atoms with Crippen molar-refractivity contribution >= 4 is 0 Å². The standard InChI is InChI=1S/C16H28N2/c1-4-13(5-2)10-18-11-14-8-6-7-9-16(17-3)15(14)12-18/h11-13,16-17H,4-10H2,1-3H3. The lowest BCUT2D eigenvalue weighted by molar-refractivity contribution is 0.417. The molecule has 0 radical (unpaired) electrons. The zero-order valence-electron chi connectivity index (χ0n) is 12.2. The van der Waals surface area contributed by atoms with Gasteiger partial charge in [0.2, 0.25) is 0 Å². The largest absolute Gasteiger partial charge is 0.353 e. The van der Waals surface area contributed by atoms with Crippen molar-refractivity contribution in [2.45, 2.75) is 65.0 Å². The second-order valence-corrected chi connectivity index (χ2v) is 5.71. The minimum atomic E-state index is 0.574. The van der Waals surface area contributed by atoms with Crippen LogP contribution in [0, 0.1) is 5.92 Å². The maximum atomic E-state index is 3.48. The first kappa shape index (κ1) is 13.7. The zero-order valence-corrected chi connectivity index (χ0v) is 12.2. The summed E-state index contributed by atoms with van der Waals surface area (Å²) in [4.78, 5) is 0. The summed E-state index contributed by atoms with van der Waals surface area (Å²) in [5, 5.41) is 3.48. The molecule has 0 aromatic carbocycles. The minimum absolute atomic E-state index is 0.574. The fourth-order valence-corrected chi connectivity index (χ4v) is 3.17. The first-order chi connectivity index (χ1) is 8.78. The topological polar surface area (TPSA) is 17.0 Å². The Kier molecular flexibility index (Phi) is 4.87. The lowest BCUT2D eigenvalue weighted by atomic mass is 10.0. The van der Waals surface area contributed by atoms with Crippen molar-refractivity contribution in [2.24, 2.45) is 5.92 Å². The van der Waals surface area contributed by atoms with E-state index in [-0.39, 0.29) is 0 Å².